The first kappa shape index (κ1) is 31.5. The van der Waals surface area contributed by atoms with Crippen LogP contribution in [0.4, 0.5) is 0 Å². The largest absolute Gasteiger partial charge is 0.391 e. The number of Topliss-reactive ketones (excluding diaryl/α,β-unsaturated/α-hetero) is 1. The number of carbonyl (C=O) groups excluding carboxylic acids is 5. The maximum atomic E-state index is 13.2. The van der Waals surface area contributed by atoms with Gasteiger partial charge in [-0.1, -0.05) is 50.8 Å². The summed E-state index contributed by atoms with van der Waals surface area (Å²) in [7, 11) is 0. The molecule has 37 heavy (non-hydrogen) atoms. The van der Waals surface area contributed by atoms with Crippen molar-refractivity contribution in [2.45, 2.75) is 64.8 Å². The van der Waals surface area contributed by atoms with Gasteiger partial charge in [0.25, 0.3) is 0 Å². The fraction of sp³-hybridized carbons (Fsp3) is 0.500. The van der Waals surface area contributed by atoms with Crippen LogP contribution in [0, 0.1) is 5.92 Å². The SMILES string of the molecule is C=C(C)C(=O)NCC(=O)N[C@@H](Cc1ccccc1)C(=O)N[C@@H](CC(C)C)C(=O)NCC(=O)C(N)C(C)O. The highest BCUT2D eigenvalue weighted by Gasteiger charge is 2.28. The molecule has 0 fully saturated rings. The third-order valence-corrected chi connectivity index (χ3v) is 5.40. The van der Waals surface area contributed by atoms with Crippen LogP contribution < -0.4 is 27.0 Å². The Morgan fingerprint density at radius 2 is 1.54 bits per heavy atom. The molecule has 1 aromatic carbocycles. The number of carbonyl (C=O) groups is 5. The monoisotopic (exact) mass is 517 g/mol. The summed E-state index contributed by atoms with van der Waals surface area (Å²) >= 11 is 0. The highest BCUT2D eigenvalue weighted by Crippen LogP contribution is 2.08. The lowest BCUT2D eigenvalue weighted by atomic mass is 10.0. The van der Waals surface area contributed by atoms with Gasteiger partial charge in [-0.2, -0.15) is 0 Å². The first-order valence-corrected chi connectivity index (χ1v) is 12.1. The summed E-state index contributed by atoms with van der Waals surface area (Å²) in [6.07, 6.45) is -0.655. The van der Waals surface area contributed by atoms with Crippen LogP contribution >= 0.6 is 0 Å². The first-order chi connectivity index (χ1) is 17.3. The maximum Gasteiger partial charge on any atom is 0.246 e. The molecule has 0 saturated heterocycles. The Bertz CT molecular complexity index is 963. The molecule has 0 aliphatic rings. The minimum Gasteiger partial charge on any atom is -0.391 e. The normalized spacial score (nSPS) is 14.0. The molecular formula is C26H39N5O6. The van der Waals surface area contributed by atoms with Crippen molar-refractivity contribution < 1.29 is 29.1 Å². The van der Waals surface area contributed by atoms with Crippen molar-refractivity contribution >= 4 is 29.4 Å². The van der Waals surface area contributed by atoms with E-state index >= 15 is 0 Å². The fourth-order valence-electron chi connectivity index (χ4n) is 3.28. The van der Waals surface area contributed by atoms with Gasteiger partial charge in [0.2, 0.25) is 23.6 Å². The Labute approximate surface area is 217 Å². The fourth-order valence-corrected chi connectivity index (χ4v) is 3.28. The number of hydrogen-bond donors (Lipinski definition) is 6. The summed E-state index contributed by atoms with van der Waals surface area (Å²) in [6, 6.07) is 5.83. The van der Waals surface area contributed by atoms with Crippen LogP contribution in [-0.4, -0.2) is 71.8 Å². The van der Waals surface area contributed by atoms with Crippen molar-refractivity contribution in [1.82, 2.24) is 21.3 Å². The number of hydrogen-bond acceptors (Lipinski definition) is 7. The first-order valence-electron chi connectivity index (χ1n) is 12.1. The van der Waals surface area contributed by atoms with Gasteiger partial charge in [0.1, 0.15) is 12.1 Å². The Kier molecular flexibility index (Phi) is 13.2. The van der Waals surface area contributed by atoms with Crippen LogP contribution in [0.1, 0.15) is 39.7 Å². The lowest BCUT2D eigenvalue weighted by Gasteiger charge is -2.24. The van der Waals surface area contributed by atoms with Crippen LogP contribution in [0.15, 0.2) is 42.5 Å². The molecule has 4 amide bonds. The summed E-state index contributed by atoms with van der Waals surface area (Å²) in [5, 5.41) is 19.6. The van der Waals surface area contributed by atoms with Gasteiger partial charge >= 0.3 is 0 Å². The van der Waals surface area contributed by atoms with E-state index in [-0.39, 0.29) is 30.9 Å². The average molecular weight is 518 g/mol. The van der Waals surface area contributed by atoms with Gasteiger partial charge in [-0.05, 0) is 31.7 Å². The predicted molar refractivity (Wildman–Crippen MR) is 139 cm³/mol. The van der Waals surface area contributed by atoms with Crippen LogP contribution in [0.2, 0.25) is 0 Å². The minimum atomic E-state index is -1.14. The van der Waals surface area contributed by atoms with E-state index in [0.29, 0.717) is 0 Å². The third-order valence-electron chi connectivity index (χ3n) is 5.40. The smallest absolute Gasteiger partial charge is 0.246 e. The number of ketones is 1. The quantitative estimate of drug-likeness (QED) is 0.167. The summed E-state index contributed by atoms with van der Waals surface area (Å²) in [5.41, 5.74) is 6.62. The molecule has 0 aliphatic heterocycles. The van der Waals surface area contributed by atoms with E-state index in [1.165, 1.54) is 13.8 Å². The minimum absolute atomic E-state index is 0.0194. The molecule has 2 unspecified atom stereocenters. The van der Waals surface area contributed by atoms with Crippen LogP contribution in [-0.2, 0) is 30.4 Å². The molecule has 7 N–H and O–H groups in total. The Balaban J connectivity index is 2.97. The second kappa shape index (κ2) is 15.5. The molecule has 0 aromatic heterocycles. The lowest BCUT2D eigenvalue weighted by Crippen LogP contribution is -2.56. The lowest BCUT2D eigenvalue weighted by molar-refractivity contribution is -0.133. The molecular weight excluding hydrogens is 478 g/mol. The third kappa shape index (κ3) is 11.8. The van der Waals surface area contributed by atoms with E-state index in [1.54, 1.807) is 24.3 Å². The number of aliphatic hydroxyl groups excluding tert-OH is 1. The van der Waals surface area contributed by atoms with Gasteiger partial charge in [-0.25, -0.2) is 0 Å². The molecule has 1 rings (SSSR count). The molecule has 0 radical (unpaired) electrons. The molecule has 0 bridgehead atoms. The number of nitrogens with one attached hydrogen (secondary N) is 4. The van der Waals surface area contributed by atoms with Gasteiger partial charge in [0.15, 0.2) is 5.78 Å². The predicted octanol–water partition coefficient (Wildman–Crippen LogP) is -0.669. The van der Waals surface area contributed by atoms with Gasteiger partial charge in [-0.15, -0.1) is 0 Å². The second-order valence-corrected chi connectivity index (χ2v) is 9.41. The van der Waals surface area contributed by atoms with E-state index in [1.807, 2.05) is 19.9 Å². The molecule has 0 spiro atoms. The zero-order valence-electron chi connectivity index (χ0n) is 21.9. The number of aliphatic hydroxyl groups is 1. The molecule has 0 heterocycles. The number of amides is 4. The van der Waals surface area contributed by atoms with Gasteiger partial charge in [-0.3, -0.25) is 24.0 Å². The van der Waals surface area contributed by atoms with Gasteiger partial charge in [0, 0.05) is 12.0 Å². The van der Waals surface area contributed by atoms with Crippen LogP contribution in [0.25, 0.3) is 0 Å². The Morgan fingerprint density at radius 1 is 0.919 bits per heavy atom. The van der Waals surface area contributed by atoms with Crippen LogP contribution in [0.3, 0.4) is 0 Å². The number of benzene rings is 1. The molecule has 11 heteroatoms. The number of nitrogens with two attached hydrogens (primary N) is 1. The van der Waals surface area contributed by atoms with E-state index in [9.17, 15) is 29.1 Å². The second-order valence-electron chi connectivity index (χ2n) is 9.41. The maximum absolute atomic E-state index is 13.2. The summed E-state index contributed by atoms with van der Waals surface area (Å²) in [6.45, 7) is 9.37. The molecule has 11 nitrogen and oxygen atoms in total. The zero-order chi connectivity index (χ0) is 28.1. The van der Waals surface area contributed by atoms with Crippen molar-refractivity contribution in [3.63, 3.8) is 0 Å². The van der Waals surface area contributed by atoms with Crippen molar-refractivity contribution in [2.75, 3.05) is 13.1 Å². The summed E-state index contributed by atoms with van der Waals surface area (Å²) < 4.78 is 0. The zero-order valence-corrected chi connectivity index (χ0v) is 21.9. The Hall–Kier alpha value is -3.57. The highest BCUT2D eigenvalue weighted by atomic mass is 16.3. The van der Waals surface area contributed by atoms with Gasteiger partial charge < -0.3 is 32.1 Å². The number of rotatable bonds is 15. The standard InChI is InChI=1S/C26H39N5O6/c1-15(2)11-19(25(36)28-13-21(33)23(27)17(5)32)31-26(37)20(12-18-9-7-6-8-10-18)30-22(34)14-29-24(35)16(3)4/h6-10,15,17,19-20,23,32H,3,11-14,27H2,1-2,4-5H3,(H,28,36)(H,29,35)(H,30,34)(H,31,37)/t17?,19-,20-,23?/m0/s1. The Morgan fingerprint density at radius 3 is 2.08 bits per heavy atom. The molecule has 1 aromatic rings. The van der Waals surface area contributed by atoms with E-state index in [0.717, 1.165) is 5.56 Å². The molecule has 0 aliphatic carbocycles. The molecule has 204 valence electrons. The van der Waals surface area contributed by atoms with Crippen molar-refractivity contribution in [3.8, 4) is 0 Å². The van der Waals surface area contributed by atoms with Crippen LogP contribution in [0.5, 0.6) is 0 Å². The molecule has 0 saturated carbocycles. The van der Waals surface area contributed by atoms with E-state index in [2.05, 4.69) is 27.8 Å². The summed E-state index contributed by atoms with van der Waals surface area (Å²) in [4.78, 5) is 62.3. The highest BCUT2D eigenvalue weighted by molar-refractivity contribution is 5.97. The molecule has 4 atom stereocenters. The van der Waals surface area contributed by atoms with E-state index in [4.69, 9.17) is 5.73 Å². The van der Waals surface area contributed by atoms with E-state index < -0.39 is 60.2 Å². The summed E-state index contributed by atoms with van der Waals surface area (Å²) in [5.74, 6) is -2.80. The van der Waals surface area contributed by atoms with Crippen molar-refractivity contribution in [3.05, 3.63) is 48.0 Å². The van der Waals surface area contributed by atoms with Crippen molar-refractivity contribution in [1.29, 1.82) is 0 Å². The topological polar surface area (TPSA) is 180 Å². The van der Waals surface area contributed by atoms with Crippen molar-refractivity contribution in [2.24, 2.45) is 11.7 Å². The van der Waals surface area contributed by atoms with Gasteiger partial charge in [0.05, 0.1) is 25.2 Å². The average Bonchev–Trinajstić information content (AvgIpc) is 2.84.